The number of hydrogen-bond acceptors (Lipinski definition) is 2. The van der Waals surface area contributed by atoms with Gasteiger partial charge in [-0.25, -0.2) is 0 Å². The Hall–Kier alpha value is -3.00. The fraction of sp³-hybridized carbons (Fsp3) is 0.375. The number of aliphatic hydroxyl groups excluding tert-OH is 2. The molecule has 34 heavy (non-hydrogen) atoms. The van der Waals surface area contributed by atoms with Gasteiger partial charge >= 0.3 is 0 Å². The Bertz CT molecular complexity index is 1270. The summed E-state index contributed by atoms with van der Waals surface area (Å²) in [6.07, 6.45) is 16.5. The molecule has 0 saturated carbocycles. The van der Waals surface area contributed by atoms with Crippen LogP contribution in [-0.4, -0.2) is 10.2 Å². The first kappa shape index (κ1) is 21.5. The Morgan fingerprint density at radius 2 is 1.71 bits per heavy atom. The molecule has 0 heterocycles. The van der Waals surface area contributed by atoms with Crippen LogP contribution in [0.25, 0.3) is 11.1 Å². The molecule has 4 atom stereocenters. The molecule has 4 unspecified atom stereocenters. The quantitative estimate of drug-likeness (QED) is 0.497. The summed E-state index contributed by atoms with van der Waals surface area (Å²) in [6.45, 7) is 4.43. The molecule has 0 fully saturated rings. The highest BCUT2D eigenvalue weighted by molar-refractivity contribution is 5.83. The second-order valence-corrected chi connectivity index (χ2v) is 10.7. The normalized spacial score (nSPS) is 29.5. The number of rotatable bonds is 3. The van der Waals surface area contributed by atoms with Crippen molar-refractivity contribution in [2.24, 2.45) is 17.8 Å². The van der Waals surface area contributed by atoms with Crippen LogP contribution < -0.4 is 0 Å². The van der Waals surface area contributed by atoms with Crippen LogP contribution in [0.1, 0.15) is 61.3 Å². The lowest BCUT2D eigenvalue weighted by Crippen LogP contribution is -2.43. The molecule has 0 radical (unpaired) electrons. The van der Waals surface area contributed by atoms with E-state index in [4.69, 9.17) is 0 Å². The van der Waals surface area contributed by atoms with Crippen molar-refractivity contribution in [3.63, 3.8) is 0 Å². The minimum absolute atomic E-state index is 0.100. The fourth-order valence-corrected chi connectivity index (χ4v) is 7.28. The summed E-state index contributed by atoms with van der Waals surface area (Å²) in [5.74, 6) is 2.07. The number of benzene rings is 2. The van der Waals surface area contributed by atoms with Crippen molar-refractivity contribution >= 4 is 0 Å². The summed E-state index contributed by atoms with van der Waals surface area (Å²) in [5.41, 5.74) is 9.70. The third-order valence-corrected chi connectivity index (χ3v) is 8.89. The second-order valence-electron chi connectivity index (χ2n) is 10.7. The zero-order valence-electron chi connectivity index (χ0n) is 20.2. The maximum Gasteiger partial charge on any atom is 0.112 e. The van der Waals surface area contributed by atoms with Crippen LogP contribution in [-0.2, 0) is 11.8 Å². The standard InChI is InChI=1S/C32H34O2/c1-3-21-5-15-31-29(17-21)28-16-20(2)4-14-30(28)32(31,24-9-12-26(33)13-10-24)25-8-6-23-19-27(34)11-7-22(23)18-25/h4-5,7,11-12,14-19,23-25,33-34H,3,6,8-10,13H2,1-2H3. The van der Waals surface area contributed by atoms with Crippen LogP contribution >= 0.6 is 0 Å². The molecule has 0 saturated heterocycles. The topological polar surface area (TPSA) is 40.5 Å². The van der Waals surface area contributed by atoms with Crippen molar-refractivity contribution in [1.29, 1.82) is 0 Å². The molecule has 0 amide bonds. The van der Waals surface area contributed by atoms with E-state index in [-0.39, 0.29) is 5.41 Å². The lowest BCUT2D eigenvalue weighted by Gasteiger charge is -2.48. The fourth-order valence-electron chi connectivity index (χ4n) is 7.28. The van der Waals surface area contributed by atoms with E-state index in [0.717, 1.165) is 38.5 Å². The van der Waals surface area contributed by atoms with Crippen molar-refractivity contribution in [2.75, 3.05) is 0 Å². The van der Waals surface area contributed by atoms with Gasteiger partial charge in [-0.1, -0.05) is 61.0 Å². The maximum atomic E-state index is 10.2. The SMILES string of the molecule is CCc1ccc2c(c1)-c1cc(C)ccc1C2(C1C=C2C=CC(O)=CC2CC1)C1CC=C(O)CC1. The predicted molar refractivity (Wildman–Crippen MR) is 139 cm³/mol. The highest BCUT2D eigenvalue weighted by Gasteiger charge is 2.53. The molecule has 0 bridgehead atoms. The van der Waals surface area contributed by atoms with Gasteiger partial charge in [0.05, 0.1) is 5.76 Å². The lowest BCUT2D eigenvalue weighted by molar-refractivity contribution is 0.200. The van der Waals surface area contributed by atoms with Gasteiger partial charge < -0.3 is 10.2 Å². The van der Waals surface area contributed by atoms with Crippen molar-refractivity contribution in [3.05, 3.63) is 106 Å². The van der Waals surface area contributed by atoms with E-state index < -0.39 is 0 Å². The van der Waals surface area contributed by atoms with E-state index in [0.29, 0.717) is 29.3 Å². The third-order valence-electron chi connectivity index (χ3n) is 8.89. The van der Waals surface area contributed by atoms with Crippen LogP contribution in [0, 0.1) is 24.7 Å². The van der Waals surface area contributed by atoms with Gasteiger partial charge in [0.1, 0.15) is 5.76 Å². The molecule has 0 spiro atoms. The summed E-state index contributed by atoms with van der Waals surface area (Å²) in [7, 11) is 0. The molecule has 4 aliphatic carbocycles. The van der Waals surface area contributed by atoms with E-state index in [1.54, 1.807) is 0 Å². The van der Waals surface area contributed by atoms with Crippen molar-refractivity contribution in [1.82, 2.24) is 0 Å². The van der Waals surface area contributed by atoms with Crippen LogP contribution in [0.5, 0.6) is 0 Å². The van der Waals surface area contributed by atoms with E-state index in [9.17, 15) is 10.2 Å². The molecule has 2 aromatic carbocycles. The zero-order valence-corrected chi connectivity index (χ0v) is 20.2. The number of hydrogen-bond donors (Lipinski definition) is 2. The molecular formula is C32H34O2. The van der Waals surface area contributed by atoms with Gasteiger partial charge in [-0.05, 0) is 102 Å². The Balaban J connectivity index is 1.60. The number of aliphatic hydroxyl groups is 2. The minimum atomic E-state index is -0.100. The van der Waals surface area contributed by atoms with Crippen LogP contribution in [0.2, 0.25) is 0 Å². The smallest absolute Gasteiger partial charge is 0.112 e. The molecule has 0 aliphatic heterocycles. The molecular weight excluding hydrogens is 416 g/mol. The summed E-state index contributed by atoms with van der Waals surface area (Å²) >= 11 is 0. The van der Waals surface area contributed by atoms with Gasteiger partial charge in [0.15, 0.2) is 0 Å². The number of fused-ring (bicyclic) bond motifs is 4. The summed E-state index contributed by atoms with van der Waals surface area (Å²) in [4.78, 5) is 0. The first-order valence-electron chi connectivity index (χ1n) is 12.9. The molecule has 2 N–H and O–H groups in total. The first-order chi connectivity index (χ1) is 16.5. The monoisotopic (exact) mass is 450 g/mol. The maximum absolute atomic E-state index is 10.2. The largest absolute Gasteiger partial charge is 0.513 e. The van der Waals surface area contributed by atoms with E-state index in [1.165, 1.54) is 39.0 Å². The minimum Gasteiger partial charge on any atom is -0.513 e. The van der Waals surface area contributed by atoms with E-state index in [2.05, 4.69) is 68.5 Å². The van der Waals surface area contributed by atoms with E-state index >= 15 is 0 Å². The van der Waals surface area contributed by atoms with Gasteiger partial charge in [0, 0.05) is 17.8 Å². The van der Waals surface area contributed by atoms with Crippen LogP contribution in [0.4, 0.5) is 0 Å². The highest BCUT2D eigenvalue weighted by Crippen LogP contribution is 2.61. The van der Waals surface area contributed by atoms with Crippen LogP contribution in [0.3, 0.4) is 0 Å². The molecule has 4 aliphatic rings. The average Bonchev–Trinajstić information content (AvgIpc) is 3.14. The molecule has 2 nitrogen and oxygen atoms in total. The Morgan fingerprint density at radius 1 is 0.912 bits per heavy atom. The summed E-state index contributed by atoms with van der Waals surface area (Å²) in [6, 6.07) is 14.3. The number of aryl methyl sites for hydroxylation is 2. The van der Waals surface area contributed by atoms with Gasteiger partial charge in [0.25, 0.3) is 0 Å². The zero-order chi connectivity index (χ0) is 23.4. The molecule has 0 aromatic heterocycles. The molecule has 6 rings (SSSR count). The number of allylic oxidation sites excluding steroid dienone is 7. The Kier molecular flexibility index (Phi) is 5.09. The molecule has 2 heteroatoms. The van der Waals surface area contributed by atoms with Gasteiger partial charge in [-0.2, -0.15) is 0 Å². The lowest BCUT2D eigenvalue weighted by atomic mass is 9.55. The summed E-state index contributed by atoms with van der Waals surface area (Å²) < 4.78 is 0. The Morgan fingerprint density at radius 3 is 2.47 bits per heavy atom. The summed E-state index contributed by atoms with van der Waals surface area (Å²) in [5, 5.41) is 20.3. The highest BCUT2D eigenvalue weighted by atomic mass is 16.3. The van der Waals surface area contributed by atoms with E-state index in [1.807, 2.05) is 12.2 Å². The Labute approximate surface area is 203 Å². The third kappa shape index (κ3) is 3.15. The van der Waals surface area contributed by atoms with Crippen molar-refractivity contribution in [3.8, 4) is 11.1 Å². The molecule has 2 aromatic rings. The average molecular weight is 451 g/mol. The van der Waals surface area contributed by atoms with Crippen molar-refractivity contribution < 1.29 is 10.2 Å². The van der Waals surface area contributed by atoms with Crippen molar-refractivity contribution in [2.45, 2.75) is 57.8 Å². The first-order valence-corrected chi connectivity index (χ1v) is 12.9. The molecule has 174 valence electrons. The van der Waals surface area contributed by atoms with Gasteiger partial charge in [-0.3, -0.25) is 0 Å². The van der Waals surface area contributed by atoms with Crippen LogP contribution in [0.15, 0.2) is 83.9 Å². The second kappa shape index (κ2) is 8.05. The van der Waals surface area contributed by atoms with Gasteiger partial charge in [-0.15, -0.1) is 0 Å². The van der Waals surface area contributed by atoms with Gasteiger partial charge in [0.2, 0.25) is 0 Å². The predicted octanol–water partition coefficient (Wildman–Crippen LogP) is 8.03.